The third kappa shape index (κ3) is 2.81. The van der Waals surface area contributed by atoms with Crippen molar-refractivity contribution >= 4 is 5.78 Å². The number of carbonyl (C=O) groups excluding carboxylic acids is 1. The Morgan fingerprint density at radius 2 is 2.16 bits per heavy atom. The highest BCUT2D eigenvalue weighted by molar-refractivity contribution is 5.98. The Bertz CT molecular complexity index is 412. The third-order valence-electron chi connectivity index (χ3n) is 4.11. The summed E-state index contributed by atoms with van der Waals surface area (Å²) in [5, 5.41) is 4.20. The van der Waals surface area contributed by atoms with Crippen LogP contribution in [0.5, 0.6) is 5.75 Å². The van der Waals surface area contributed by atoms with Crippen LogP contribution < -0.4 is 10.5 Å². The number of rotatable bonds is 5. The summed E-state index contributed by atoms with van der Waals surface area (Å²) < 4.78 is 6.99. The minimum Gasteiger partial charge on any atom is -0.493 e. The topological polar surface area (TPSA) is 70.1 Å². The number of ketones is 1. The van der Waals surface area contributed by atoms with Crippen LogP contribution in [0.1, 0.15) is 43.1 Å². The van der Waals surface area contributed by atoms with Crippen LogP contribution in [0.2, 0.25) is 0 Å². The van der Waals surface area contributed by atoms with Crippen molar-refractivity contribution in [3.05, 3.63) is 11.9 Å². The monoisotopic (exact) mass is 265 g/mol. The van der Waals surface area contributed by atoms with Gasteiger partial charge in [0, 0.05) is 12.5 Å². The second kappa shape index (κ2) is 6.19. The summed E-state index contributed by atoms with van der Waals surface area (Å²) in [5.74, 6) is 1.44. The number of aryl methyl sites for hydroxylation is 1. The molecule has 0 unspecified atom stereocenters. The molecular weight excluding hydrogens is 242 g/mol. The van der Waals surface area contributed by atoms with E-state index in [1.165, 1.54) is 0 Å². The summed E-state index contributed by atoms with van der Waals surface area (Å²) in [6, 6.07) is 0. The van der Waals surface area contributed by atoms with Crippen LogP contribution in [0, 0.1) is 11.8 Å². The summed E-state index contributed by atoms with van der Waals surface area (Å²) in [6.45, 7) is 3.40. The number of hydrogen-bond donors (Lipinski definition) is 1. The van der Waals surface area contributed by atoms with Gasteiger partial charge in [-0.1, -0.05) is 0 Å². The summed E-state index contributed by atoms with van der Waals surface area (Å²) in [5.41, 5.74) is 6.32. The number of nitrogens with zero attached hydrogens (tertiary/aromatic N) is 2. The van der Waals surface area contributed by atoms with E-state index in [2.05, 4.69) is 5.10 Å². The zero-order valence-corrected chi connectivity index (χ0v) is 11.8. The van der Waals surface area contributed by atoms with Crippen LogP contribution in [-0.2, 0) is 6.54 Å². The Kier molecular flexibility index (Phi) is 4.58. The predicted octanol–water partition coefficient (Wildman–Crippen LogP) is 1.86. The molecule has 19 heavy (non-hydrogen) atoms. The normalized spacial score (nSPS) is 23.3. The number of hydrogen-bond acceptors (Lipinski definition) is 4. The van der Waals surface area contributed by atoms with E-state index in [4.69, 9.17) is 10.5 Å². The Hall–Kier alpha value is -1.36. The lowest BCUT2D eigenvalue weighted by Crippen LogP contribution is -2.27. The molecule has 1 aromatic heterocycles. The molecule has 1 saturated carbocycles. The predicted molar refractivity (Wildman–Crippen MR) is 73.3 cm³/mol. The van der Waals surface area contributed by atoms with Crippen molar-refractivity contribution in [2.45, 2.75) is 39.2 Å². The maximum atomic E-state index is 12.6. The van der Waals surface area contributed by atoms with Crippen molar-refractivity contribution < 1.29 is 9.53 Å². The van der Waals surface area contributed by atoms with E-state index >= 15 is 0 Å². The molecule has 0 aliphatic heterocycles. The molecule has 1 heterocycles. The smallest absolute Gasteiger partial charge is 0.187 e. The summed E-state index contributed by atoms with van der Waals surface area (Å²) in [6.07, 6.45) is 5.59. The fourth-order valence-electron chi connectivity index (χ4n) is 2.86. The summed E-state index contributed by atoms with van der Waals surface area (Å²) >= 11 is 0. The molecule has 1 aliphatic carbocycles. The van der Waals surface area contributed by atoms with E-state index in [1.807, 2.05) is 6.92 Å². The van der Waals surface area contributed by atoms with E-state index in [9.17, 15) is 4.79 Å². The van der Waals surface area contributed by atoms with Crippen LogP contribution in [0.3, 0.4) is 0 Å². The van der Waals surface area contributed by atoms with Crippen molar-refractivity contribution in [3.8, 4) is 5.75 Å². The van der Waals surface area contributed by atoms with E-state index in [1.54, 1.807) is 18.0 Å². The molecule has 0 spiro atoms. The highest BCUT2D eigenvalue weighted by Crippen LogP contribution is 2.32. The van der Waals surface area contributed by atoms with Crippen LogP contribution in [0.25, 0.3) is 0 Å². The minimum atomic E-state index is 0.0960. The molecule has 2 N–H and O–H groups in total. The molecular formula is C14H23N3O2. The number of Topliss-reactive ketones (excluding diaryl/α,β-unsaturated/α-hetero) is 1. The molecule has 0 atom stereocenters. The van der Waals surface area contributed by atoms with Crippen molar-refractivity contribution in [2.75, 3.05) is 13.7 Å². The third-order valence-corrected chi connectivity index (χ3v) is 4.11. The van der Waals surface area contributed by atoms with E-state index in [0.717, 1.165) is 32.2 Å². The van der Waals surface area contributed by atoms with Gasteiger partial charge in [-0.15, -0.1) is 0 Å². The molecule has 0 amide bonds. The van der Waals surface area contributed by atoms with E-state index < -0.39 is 0 Å². The molecule has 5 nitrogen and oxygen atoms in total. The zero-order chi connectivity index (χ0) is 13.8. The van der Waals surface area contributed by atoms with Gasteiger partial charge in [0.1, 0.15) is 5.69 Å². The van der Waals surface area contributed by atoms with Crippen LogP contribution in [0.15, 0.2) is 6.20 Å². The molecule has 2 rings (SSSR count). The second-order valence-corrected chi connectivity index (χ2v) is 5.19. The van der Waals surface area contributed by atoms with Gasteiger partial charge in [-0.25, -0.2) is 0 Å². The molecule has 1 aromatic rings. The molecule has 5 heteroatoms. The lowest BCUT2D eigenvalue weighted by molar-refractivity contribution is 0.0859. The van der Waals surface area contributed by atoms with E-state index in [0.29, 0.717) is 23.9 Å². The highest BCUT2D eigenvalue weighted by Gasteiger charge is 2.30. The Balaban J connectivity index is 2.13. The van der Waals surface area contributed by atoms with Gasteiger partial charge in [-0.05, 0) is 45.1 Å². The van der Waals surface area contributed by atoms with Gasteiger partial charge in [0.2, 0.25) is 0 Å². The molecule has 1 aliphatic rings. The van der Waals surface area contributed by atoms with Crippen molar-refractivity contribution in [2.24, 2.45) is 17.6 Å². The van der Waals surface area contributed by atoms with Gasteiger partial charge in [0.25, 0.3) is 0 Å². The lowest BCUT2D eigenvalue weighted by atomic mass is 9.79. The average Bonchev–Trinajstić information content (AvgIpc) is 2.89. The van der Waals surface area contributed by atoms with Gasteiger partial charge in [0.15, 0.2) is 11.5 Å². The first-order valence-electron chi connectivity index (χ1n) is 7.05. The molecule has 1 fully saturated rings. The SMILES string of the molecule is CCn1ncc(OC)c1C(=O)C1CCC(CN)CC1. The van der Waals surface area contributed by atoms with Crippen LogP contribution in [0.4, 0.5) is 0 Å². The van der Waals surface area contributed by atoms with Crippen molar-refractivity contribution in [1.29, 1.82) is 0 Å². The minimum absolute atomic E-state index is 0.0960. The number of ether oxygens (including phenoxy) is 1. The maximum absolute atomic E-state index is 12.6. The standard InChI is InChI=1S/C14H23N3O2/c1-3-17-13(12(19-2)9-16-17)14(18)11-6-4-10(8-15)5-7-11/h9-11H,3-8,15H2,1-2H3. The number of methoxy groups -OCH3 is 1. The highest BCUT2D eigenvalue weighted by atomic mass is 16.5. The van der Waals surface area contributed by atoms with Gasteiger partial charge in [0.05, 0.1) is 13.3 Å². The first-order valence-corrected chi connectivity index (χ1v) is 7.05. The quantitative estimate of drug-likeness (QED) is 0.825. The first kappa shape index (κ1) is 14.1. The number of aromatic nitrogens is 2. The molecule has 106 valence electrons. The lowest BCUT2D eigenvalue weighted by Gasteiger charge is -2.26. The number of nitrogens with two attached hydrogens (primary N) is 1. The van der Waals surface area contributed by atoms with Gasteiger partial charge >= 0.3 is 0 Å². The first-order chi connectivity index (χ1) is 9.21. The second-order valence-electron chi connectivity index (χ2n) is 5.19. The largest absolute Gasteiger partial charge is 0.493 e. The Morgan fingerprint density at radius 1 is 1.47 bits per heavy atom. The Labute approximate surface area is 114 Å². The molecule has 0 radical (unpaired) electrons. The van der Waals surface area contributed by atoms with E-state index in [-0.39, 0.29) is 11.7 Å². The summed E-state index contributed by atoms with van der Waals surface area (Å²) in [7, 11) is 1.58. The van der Waals surface area contributed by atoms with Crippen molar-refractivity contribution in [1.82, 2.24) is 9.78 Å². The Morgan fingerprint density at radius 3 is 2.68 bits per heavy atom. The van der Waals surface area contributed by atoms with Gasteiger partial charge in [-0.2, -0.15) is 5.10 Å². The molecule has 0 aromatic carbocycles. The number of carbonyl (C=O) groups is 1. The van der Waals surface area contributed by atoms with Gasteiger partial charge < -0.3 is 10.5 Å². The molecule has 0 saturated heterocycles. The van der Waals surface area contributed by atoms with Crippen LogP contribution >= 0.6 is 0 Å². The zero-order valence-electron chi connectivity index (χ0n) is 11.8. The van der Waals surface area contributed by atoms with Crippen LogP contribution in [-0.4, -0.2) is 29.2 Å². The fourth-order valence-corrected chi connectivity index (χ4v) is 2.86. The maximum Gasteiger partial charge on any atom is 0.187 e. The molecule has 0 bridgehead atoms. The average molecular weight is 265 g/mol. The fraction of sp³-hybridized carbons (Fsp3) is 0.714. The van der Waals surface area contributed by atoms with Crippen molar-refractivity contribution in [3.63, 3.8) is 0 Å². The van der Waals surface area contributed by atoms with Gasteiger partial charge in [-0.3, -0.25) is 9.48 Å². The summed E-state index contributed by atoms with van der Waals surface area (Å²) in [4.78, 5) is 12.6.